The molecule has 0 aliphatic heterocycles. The fraction of sp³-hybridized carbons (Fsp3) is 0.188. The van der Waals surface area contributed by atoms with Crippen molar-refractivity contribution < 1.29 is 4.79 Å². The third kappa shape index (κ3) is 4.21. The lowest BCUT2D eigenvalue weighted by atomic mass is 10.1. The Labute approximate surface area is 129 Å². The fourth-order valence-corrected chi connectivity index (χ4v) is 2.09. The maximum atomic E-state index is 12.0. The van der Waals surface area contributed by atoms with E-state index in [1.54, 1.807) is 12.1 Å². The molecule has 110 valence electrons. The van der Waals surface area contributed by atoms with Crippen LogP contribution in [0.5, 0.6) is 0 Å². The summed E-state index contributed by atoms with van der Waals surface area (Å²) in [4.78, 5) is 12.0. The van der Waals surface area contributed by atoms with E-state index in [1.165, 1.54) is 0 Å². The van der Waals surface area contributed by atoms with Crippen molar-refractivity contribution in [1.82, 2.24) is 0 Å². The molecule has 4 N–H and O–H groups in total. The Morgan fingerprint density at radius 1 is 1.19 bits per heavy atom. The molecule has 2 aromatic carbocycles. The lowest BCUT2D eigenvalue weighted by Crippen LogP contribution is -2.20. The molecule has 4 nitrogen and oxygen atoms in total. The number of halogens is 1. The Kier molecular flexibility index (Phi) is 4.83. The van der Waals surface area contributed by atoms with Crippen LogP contribution in [-0.2, 0) is 0 Å². The SMILES string of the molecule is Cc1ccc(Cl)cc1NC(=O)Nc1cccc(C(C)N)c1. The van der Waals surface area contributed by atoms with Crippen LogP contribution in [0.1, 0.15) is 24.1 Å². The molecule has 2 amide bonds. The highest BCUT2D eigenvalue weighted by Gasteiger charge is 2.07. The first kappa shape index (κ1) is 15.4. The van der Waals surface area contributed by atoms with Crippen LogP contribution >= 0.6 is 11.6 Å². The van der Waals surface area contributed by atoms with Crippen molar-refractivity contribution >= 4 is 29.0 Å². The molecule has 0 radical (unpaired) electrons. The van der Waals surface area contributed by atoms with Gasteiger partial charge in [-0.15, -0.1) is 0 Å². The monoisotopic (exact) mass is 303 g/mol. The van der Waals surface area contributed by atoms with Crippen molar-refractivity contribution in [3.05, 3.63) is 58.6 Å². The van der Waals surface area contributed by atoms with Gasteiger partial charge in [0.1, 0.15) is 0 Å². The molecular formula is C16H18ClN3O. The molecule has 0 saturated carbocycles. The minimum atomic E-state index is -0.317. The van der Waals surface area contributed by atoms with Gasteiger partial charge in [-0.2, -0.15) is 0 Å². The molecule has 5 heteroatoms. The van der Waals surface area contributed by atoms with Crippen LogP contribution in [0.4, 0.5) is 16.2 Å². The summed E-state index contributed by atoms with van der Waals surface area (Å²) in [6.45, 7) is 3.80. The van der Waals surface area contributed by atoms with Gasteiger partial charge in [0.2, 0.25) is 0 Å². The molecule has 0 spiro atoms. The third-order valence-corrected chi connectivity index (χ3v) is 3.35. The summed E-state index contributed by atoms with van der Waals surface area (Å²) in [5, 5.41) is 6.14. The zero-order valence-corrected chi connectivity index (χ0v) is 12.7. The minimum Gasteiger partial charge on any atom is -0.324 e. The second kappa shape index (κ2) is 6.61. The normalized spacial score (nSPS) is 11.8. The molecule has 0 aliphatic rings. The number of amides is 2. The highest BCUT2D eigenvalue weighted by atomic mass is 35.5. The molecule has 2 aromatic rings. The maximum absolute atomic E-state index is 12.0. The van der Waals surface area contributed by atoms with Gasteiger partial charge in [-0.25, -0.2) is 4.79 Å². The molecule has 0 aromatic heterocycles. The zero-order chi connectivity index (χ0) is 15.4. The average molecular weight is 304 g/mol. The van der Waals surface area contributed by atoms with Gasteiger partial charge in [0.05, 0.1) is 0 Å². The number of nitrogens with one attached hydrogen (secondary N) is 2. The number of nitrogens with two attached hydrogens (primary N) is 1. The Balaban J connectivity index is 2.08. The van der Waals surface area contributed by atoms with E-state index in [0.29, 0.717) is 16.4 Å². The first-order chi connectivity index (χ1) is 9.95. The fourth-order valence-electron chi connectivity index (χ4n) is 1.91. The van der Waals surface area contributed by atoms with E-state index in [4.69, 9.17) is 17.3 Å². The molecule has 0 heterocycles. The Hall–Kier alpha value is -2.04. The zero-order valence-electron chi connectivity index (χ0n) is 12.0. The second-order valence-electron chi connectivity index (χ2n) is 4.95. The predicted octanol–water partition coefficient (Wildman–Crippen LogP) is 4.31. The van der Waals surface area contributed by atoms with Crippen LogP contribution in [0.25, 0.3) is 0 Å². The summed E-state index contributed by atoms with van der Waals surface area (Å²) >= 11 is 5.93. The molecule has 2 rings (SSSR count). The molecule has 21 heavy (non-hydrogen) atoms. The number of carbonyl (C=O) groups is 1. The van der Waals surface area contributed by atoms with Gasteiger partial charge in [0, 0.05) is 22.4 Å². The van der Waals surface area contributed by atoms with Crippen LogP contribution < -0.4 is 16.4 Å². The van der Waals surface area contributed by atoms with E-state index in [-0.39, 0.29) is 12.1 Å². The maximum Gasteiger partial charge on any atom is 0.323 e. The third-order valence-electron chi connectivity index (χ3n) is 3.12. The number of benzene rings is 2. The number of carbonyl (C=O) groups excluding carboxylic acids is 1. The van der Waals surface area contributed by atoms with E-state index in [9.17, 15) is 4.79 Å². The van der Waals surface area contributed by atoms with Gasteiger partial charge in [0.15, 0.2) is 0 Å². The first-order valence-electron chi connectivity index (χ1n) is 6.65. The molecule has 0 bridgehead atoms. The molecule has 1 unspecified atom stereocenters. The molecule has 0 saturated heterocycles. The number of rotatable bonds is 3. The van der Waals surface area contributed by atoms with Gasteiger partial charge < -0.3 is 16.4 Å². The van der Waals surface area contributed by atoms with Gasteiger partial charge in [0.25, 0.3) is 0 Å². The van der Waals surface area contributed by atoms with Gasteiger partial charge in [-0.05, 0) is 49.2 Å². The molecule has 0 fully saturated rings. The van der Waals surface area contributed by atoms with Crippen LogP contribution in [0.15, 0.2) is 42.5 Å². The van der Waals surface area contributed by atoms with E-state index in [1.807, 2.05) is 44.2 Å². The van der Waals surface area contributed by atoms with Crippen molar-refractivity contribution in [3.63, 3.8) is 0 Å². The topological polar surface area (TPSA) is 67.2 Å². The smallest absolute Gasteiger partial charge is 0.323 e. The Bertz CT molecular complexity index is 656. The first-order valence-corrected chi connectivity index (χ1v) is 7.03. The standard InChI is InChI=1S/C16H18ClN3O/c1-10-6-7-13(17)9-15(10)20-16(21)19-14-5-3-4-12(8-14)11(2)18/h3-9,11H,18H2,1-2H3,(H2,19,20,21). The number of hydrogen-bond acceptors (Lipinski definition) is 2. The van der Waals surface area contributed by atoms with Crippen molar-refractivity contribution in [2.75, 3.05) is 10.6 Å². The number of aryl methyl sites for hydroxylation is 1. The number of hydrogen-bond donors (Lipinski definition) is 3. The molecule has 0 aliphatic carbocycles. The summed E-state index contributed by atoms with van der Waals surface area (Å²) in [7, 11) is 0. The second-order valence-corrected chi connectivity index (χ2v) is 5.39. The Morgan fingerprint density at radius 3 is 2.67 bits per heavy atom. The Morgan fingerprint density at radius 2 is 1.95 bits per heavy atom. The highest BCUT2D eigenvalue weighted by molar-refractivity contribution is 6.31. The predicted molar refractivity (Wildman–Crippen MR) is 87.9 cm³/mol. The lowest BCUT2D eigenvalue weighted by Gasteiger charge is -2.12. The number of urea groups is 1. The summed E-state index contributed by atoms with van der Waals surface area (Å²) in [6.07, 6.45) is 0. The van der Waals surface area contributed by atoms with Crippen LogP contribution in [0.2, 0.25) is 5.02 Å². The van der Waals surface area contributed by atoms with Crippen molar-refractivity contribution in [2.24, 2.45) is 5.73 Å². The van der Waals surface area contributed by atoms with Gasteiger partial charge in [-0.3, -0.25) is 0 Å². The van der Waals surface area contributed by atoms with E-state index in [0.717, 1.165) is 11.1 Å². The van der Waals surface area contributed by atoms with E-state index < -0.39 is 0 Å². The van der Waals surface area contributed by atoms with Gasteiger partial charge >= 0.3 is 6.03 Å². The largest absolute Gasteiger partial charge is 0.324 e. The van der Waals surface area contributed by atoms with Crippen molar-refractivity contribution in [1.29, 1.82) is 0 Å². The van der Waals surface area contributed by atoms with Gasteiger partial charge in [-0.1, -0.05) is 29.8 Å². The van der Waals surface area contributed by atoms with Crippen LogP contribution in [0.3, 0.4) is 0 Å². The summed E-state index contributed by atoms with van der Waals surface area (Å²) in [6, 6.07) is 12.4. The minimum absolute atomic E-state index is 0.0787. The number of anilines is 2. The molecular weight excluding hydrogens is 286 g/mol. The van der Waals surface area contributed by atoms with Crippen LogP contribution in [-0.4, -0.2) is 6.03 Å². The highest BCUT2D eigenvalue weighted by Crippen LogP contribution is 2.21. The average Bonchev–Trinajstić information content (AvgIpc) is 2.43. The van der Waals surface area contributed by atoms with E-state index in [2.05, 4.69) is 10.6 Å². The van der Waals surface area contributed by atoms with Crippen molar-refractivity contribution in [2.45, 2.75) is 19.9 Å². The quantitative estimate of drug-likeness (QED) is 0.791. The summed E-state index contributed by atoms with van der Waals surface area (Å²) in [5.41, 5.74) is 9.12. The lowest BCUT2D eigenvalue weighted by molar-refractivity contribution is 0.262. The van der Waals surface area contributed by atoms with Crippen molar-refractivity contribution in [3.8, 4) is 0 Å². The van der Waals surface area contributed by atoms with E-state index >= 15 is 0 Å². The summed E-state index contributed by atoms with van der Waals surface area (Å²) in [5.74, 6) is 0. The summed E-state index contributed by atoms with van der Waals surface area (Å²) < 4.78 is 0. The molecule has 1 atom stereocenters. The van der Waals surface area contributed by atoms with Crippen LogP contribution in [0, 0.1) is 6.92 Å².